The van der Waals surface area contributed by atoms with Crippen LogP contribution >= 0.6 is 11.6 Å². The quantitative estimate of drug-likeness (QED) is 0.898. The lowest BCUT2D eigenvalue weighted by molar-refractivity contribution is 0.0567. The van der Waals surface area contributed by atoms with Crippen LogP contribution in [-0.2, 0) is 22.9 Å². The average molecular weight is 338 g/mol. The maximum absolute atomic E-state index is 12.3. The summed E-state index contributed by atoms with van der Waals surface area (Å²) >= 11 is 5.82. The molecule has 0 heterocycles. The molecule has 2 N–H and O–H groups in total. The van der Waals surface area contributed by atoms with E-state index in [9.17, 15) is 13.5 Å². The van der Waals surface area contributed by atoms with Gasteiger partial charge in [-0.3, -0.25) is 0 Å². The molecule has 6 heteroatoms. The second-order valence-corrected chi connectivity index (χ2v) is 7.83. The van der Waals surface area contributed by atoms with Crippen molar-refractivity contribution in [1.82, 2.24) is 4.72 Å². The van der Waals surface area contributed by atoms with Crippen LogP contribution in [0.3, 0.4) is 0 Å². The third kappa shape index (κ3) is 3.17. The molecule has 0 amide bonds. The minimum absolute atomic E-state index is 0.0312. The van der Waals surface area contributed by atoms with Gasteiger partial charge in [-0.2, -0.15) is 0 Å². The zero-order chi connectivity index (χ0) is 15.8. The lowest BCUT2D eigenvalue weighted by Crippen LogP contribution is -2.43. The fraction of sp³-hybridized carbons (Fsp3) is 0.250. The maximum Gasteiger partial charge on any atom is 0.240 e. The molecule has 0 spiro atoms. The van der Waals surface area contributed by atoms with Crippen LogP contribution in [0.5, 0.6) is 0 Å². The lowest BCUT2D eigenvalue weighted by atomic mass is 10.0. The Morgan fingerprint density at radius 2 is 1.73 bits per heavy atom. The van der Waals surface area contributed by atoms with Gasteiger partial charge >= 0.3 is 0 Å². The van der Waals surface area contributed by atoms with E-state index < -0.39 is 15.6 Å². The van der Waals surface area contributed by atoms with Gasteiger partial charge in [-0.05, 0) is 29.3 Å². The number of aliphatic hydroxyl groups is 1. The van der Waals surface area contributed by atoms with Gasteiger partial charge in [-0.15, -0.1) is 0 Å². The van der Waals surface area contributed by atoms with Crippen molar-refractivity contribution >= 4 is 21.6 Å². The zero-order valence-electron chi connectivity index (χ0n) is 11.8. The molecule has 0 atom stereocenters. The van der Waals surface area contributed by atoms with Crippen LogP contribution in [0.2, 0.25) is 5.02 Å². The molecule has 0 saturated heterocycles. The molecule has 1 aliphatic rings. The van der Waals surface area contributed by atoms with E-state index in [0.717, 1.165) is 11.1 Å². The van der Waals surface area contributed by atoms with E-state index >= 15 is 0 Å². The van der Waals surface area contributed by atoms with Crippen LogP contribution in [-0.4, -0.2) is 25.7 Å². The summed E-state index contributed by atoms with van der Waals surface area (Å²) in [5, 5.41) is 11.0. The first-order chi connectivity index (χ1) is 10.4. The number of hydrogen-bond donors (Lipinski definition) is 2. The summed E-state index contributed by atoms with van der Waals surface area (Å²) in [6.07, 6.45) is 0.891. The Morgan fingerprint density at radius 1 is 1.09 bits per heavy atom. The maximum atomic E-state index is 12.3. The van der Waals surface area contributed by atoms with Crippen molar-refractivity contribution in [1.29, 1.82) is 0 Å². The average Bonchev–Trinajstić information content (AvgIpc) is 2.82. The van der Waals surface area contributed by atoms with Gasteiger partial charge in [0.1, 0.15) is 0 Å². The standard InChI is InChI=1S/C16H16ClNO3S/c17-14-6-3-7-15(8-14)22(20,21)18-11-16(19)9-12-4-1-2-5-13(12)10-16/h1-8,18-19H,9-11H2. The number of halogens is 1. The van der Waals surface area contributed by atoms with Crippen molar-refractivity contribution in [3.8, 4) is 0 Å². The third-order valence-electron chi connectivity index (χ3n) is 3.86. The highest BCUT2D eigenvalue weighted by molar-refractivity contribution is 7.89. The van der Waals surface area contributed by atoms with Gasteiger partial charge in [0.25, 0.3) is 0 Å². The molecule has 0 radical (unpaired) electrons. The molecule has 2 aromatic rings. The summed E-state index contributed by atoms with van der Waals surface area (Å²) in [7, 11) is -3.69. The molecule has 0 saturated carbocycles. The van der Waals surface area contributed by atoms with E-state index in [2.05, 4.69) is 4.72 Å². The summed E-state index contributed by atoms with van der Waals surface area (Å²) < 4.78 is 27.0. The van der Waals surface area contributed by atoms with E-state index in [1.54, 1.807) is 12.1 Å². The minimum atomic E-state index is -3.69. The van der Waals surface area contributed by atoms with E-state index in [-0.39, 0.29) is 11.4 Å². The lowest BCUT2D eigenvalue weighted by Gasteiger charge is -2.22. The third-order valence-corrected chi connectivity index (χ3v) is 5.49. The first-order valence-electron chi connectivity index (χ1n) is 6.92. The first-order valence-corrected chi connectivity index (χ1v) is 8.79. The molecule has 0 aromatic heterocycles. The molecule has 0 unspecified atom stereocenters. The highest BCUT2D eigenvalue weighted by Gasteiger charge is 2.36. The number of benzene rings is 2. The predicted octanol–water partition coefficient (Wildman–Crippen LogP) is 2.15. The van der Waals surface area contributed by atoms with Gasteiger partial charge in [0.2, 0.25) is 10.0 Å². The highest BCUT2D eigenvalue weighted by Crippen LogP contribution is 2.29. The van der Waals surface area contributed by atoms with Crippen molar-refractivity contribution in [2.75, 3.05) is 6.54 Å². The molecular formula is C16H16ClNO3S. The van der Waals surface area contributed by atoms with Crippen LogP contribution < -0.4 is 4.72 Å². The molecule has 0 fully saturated rings. The fourth-order valence-corrected chi connectivity index (χ4v) is 4.17. The monoisotopic (exact) mass is 337 g/mol. The zero-order valence-corrected chi connectivity index (χ0v) is 13.4. The predicted molar refractivity (Wildman–Crippen MR) is 85.4 cm³/mol. The molecule has 1 aliphatic carbocycles. The van der Waals surface area contributed by atoms with E-state index in [1.165, 1.54) is 12.1 Å². The largest absolute Gasteiger partial charge is 0.388 e. The number of sulfonamides is 1. The van der Waals surface area contributed by atoms with Crippen LogP contribution in [0.4, 0.5) is 0 Å². The normalized spacial score (nSPS) is 16.5. The highest BCUT2D eigenvalue weighted by atomic mass is 35.5. The Hall–Kier alpha value is -1.40. The SMILES string of the molecule is O=S(=O)(NCC1(O)Cc2ccccc2C1)c1cccc(Cl)c1. The molecule has 22 heavy (non-hydrogen) atoms. The first kappa shape index (κ1) is 15.5. The summed E-state index contributed by atoms with van der Waals surface area (Å²) in [6.45, 7) is -0.0312. The summed E-state index contributed by atoms with van der Waals surface area (Å²) in [5.74, 6) is 0. The van der Waals surface area contributed by atoms with Gasteiger partial charge in [-0.1, -0.05) is 41.9 Å². The fourth-order valence-electron chi connectivity index (χ4n) is 2.75. The Labute approximate surface area is 134 Å². The Morgan fingerprint density at radius 3 is 2.32 bits per heavy atom. The second-order valence-electron chi connectivity index (χ2n) is 5.63. The van der Waals surface area contributed by atoms with Crippen molar-refractivity contribution in [2.24, 2.45) is 0 Å². The molecule has 3 rings (SSSR count). The van der Waals surface area contributed by atoms with Gasteiger partial charge < -0.3 is 5.11 Å². The Balaban J connectivity index is 1.73. The molecule has 4 nitrogen and oxygen atoms in total. The topological polar surface area (TPSA) is 66.4 Å². The van der Waals surface area contributed by atoms with Gasteiger partial charge in [0.05, 0.1) is 10.5 Å². The van der Waals surface area contributed by atoms with Crippen molar-refractivity contribution < 1.29 is 13.5 Å². The van der Waals surface area contributed by atoms with E-state index in [4.69, 9.17) is 11.6 Å². The smallest absolute Gasteiger partial charge is 0.240 e. The molecular weight excluding hydrogens is 322 g/mol. The minimum Gasteiger partial charge on any atom is -0.388 e. The summed E-state index contributed by atoms with van der Waals surface area (Å²) in [5.41, 5.74) is 1.04. The number of fused-ring (bicyclic) bond motifs is 1. The number of nitrogens with one attached hydrogen (secondary N) is 1. The molecule has 2 aromatic carbocycles. The van der Waals surface area contributed by atoms with Crippen molar-refractivity contribution in [2.45, 2.75) is 23.3 Å². The van der Waals surface area contributed by atoms with Crippen LogP contribution in [0.1, 0.15) is 11.1 Å². The Bertz CT molecular complexity index is 780. The van der Waals surface area contributed by atoms with Crippen molar-refractivity contribution in [3.05, 3.63) is 64.7 Å². The van der Waals surface area contributed by atoms with Gasteiger partial charge in [-0.25, -0.2) is 13.1 Å². The number of rotatable bonds is 4. The number of hydrogen-bond acceptors (Lipinski definition) is 3. The van der Waals surface area contributed by atoms with Crippen molar-refractivity contribution in [3.63, 3.8) is 0 Å². The van der Waals surface area contributed by atoms with E-state index in [0.29, 0.717) is 17.9 Å². The second kappa shape index (κ2) is 5.66. The summed E-state index contributed by atoms with van der Waals surface area (Å²) in [4.78, 5) is 0.0964. The van der Waals surface area contributed by atoms with Gasteiger partial charge in [0, 0.05) is 24.4 Å². The van der Waals surface area contributed by atoms with E-state index in [1.807, 2.05) is 24.3 Å². The molecule has 116 valence electrons. The Kier molecular flexibility index (Phi) is 3.99. The van der Waals surface area contributed by atoms with Crippen LogP contribution in [0.25, 0.3) is 0 Å². The molecule has 0 aliphatic heterocycles. The molecule has 0 bridgehead atoms. The summed E-state index contributed by atoms with van der Waals surface area (Å²) in [6, 6.07) is 13.8. The van der Waals surface area contributed by atoms with Gasteiger partial charge in [0.15, 0.2) is 0 Å². The van der Waals surface area contributed by atoms with Crippen LogP contribution in [0.15, 0.2) is 53.4 Å². The van der Waals surface area contributed by atoms with Crippen LogP contribution in [0, 0.1) is 0 Å².